The van der Waals surface area contributed by atoms with Crippen molar-refractivity contribution in [3.05, 3.63) is 64.6 Å². The lowest BCUT2D eigenvalue weighted by Gasteiger charge is -2.28. The number of hydrogen-bond acceptors (Lipinski definition) is 5. The predicted molar refractivity (Wildman–Crippen MR) is 124 cm³/mol. The number of benzene rings is 2. The monoisotopic (exact) mass is 489 g/mol. The molecule has 3 amide bonds. The number of aromatic nitrogens is 2. The molecule has 11 heteroatoms. The van der Waals surface area contributed by atoms with Crippen LogP contribution < -0.4 is 11.1 Å². The van der Waals surface area contributed by atoms with Gasteiger partial charge in [-0.1, -0.05) is 41.9 Å². The molecule has 0 saturated carbocycles. The standard InChI is InChI=1S/C23H25ClFN5O4/c1-14(9-10-31)29(12-19(32)27-11-15-5-4-7-17(24)21(15)25)20(33)13-30-18-8-3-2-6-16(18)22(28-30)23(26)34/h2-8,14,31H,9-13H2,1H3,(H2,26,34)(H,27,32). The second kappa shape index (κ2) is 11.1. The van der Waals surface area contributed by atoms with Gasteiger partial charge < -0.3 is 21.1 Å². The number of aliphatic hydroxyl groups excluding tert-OH is 1. The van der Waals surface area contributed by atoms with Crippen LogP contribution in [0.1, 0.15) is 29.4 Å². The highest BCUT2D eigenvalue weighted by Gasteiger charge is 2.25. The summed E-state index contributed by atoms with van der Waals surface area (Å²) in [4.78, 5) is 38.8. The van der Waals surface area contributed by atoms with E-state index < -0.39 is 29.6 Å². The molecule has 0 fully saturated rings. The van der Waals surface area contributed by atoms with Crippen molar-refractivity contribution >= 4 is 40.2 Å². The first-order chi connectivity index (χ1) is 16.2. The molecule has 34 heavy (non-hydrogen) atoms. The van der Waals surface area contributed by atoms with Gasteiger partial charge in [0.2, 0.25) is 11.8 Å². The van der Waals surface area contributed by atoms with Gasteiger partial charge in [-0.25, -0.2) is 4.39 Å². The molecule has 1 aromatic heterocycles. The zero-order chi connectivity index (χ0) is 24.8. The molecule has 1 heterocycles. The molecule has 0 aliphatic carbocycles. The third kappa shape index (κ3) is 5.70. The summed E-state index contributed by atoms with van der Waals surface area (Å²) in [6.07, 6.45) is 0.244. The van der Waals surface area contributed by atoms with Gasteiger partial charge in [-0.3, -0.25) is 19.1 Å². The summed E-state index contributed by atoms with van der Waals surface area (Å²) in [7, 11) is 0. The van der Waals surface area contributed by atoms with Gasteiger partial charge in [-0.05, 0) is 25.5 Å². The van der Waals surface area contributed by atoms with Crippen molar-refractivity contribution in [2.75, 3.05) is 13.2 Å². The molecule has 2 aromatic carbocycles. The van der Waals surface area contributed by atoms with E-state index >= 15 is 0 Å². The molecular formula is C23H25ClFN5O4. The average Bonchev–Trinajstić information content (AvgIpc) is 3.17. The summed E-state index contributed by atoms with van der Waals surface area (Å²) in [6.45, 7) is 0.849. The maximum atomic E-state index is 14.1. The summed E-state index contributed by atoms with van der Waals surface area (Å²) in [6, 6.07) is 10.9. The van der Waals surface area contributed by atoms with Crippen LogP contribution in [0.25, 0.3) is 10.9 Å². The van der Waals surface area contributed by atoms with Gasteiger partial charge in [0.15, 0.2) is 5.69 Å². The minimum absolute atomic E-state index is 0.0413. The number of primary amides is 1. The van der Waals surface area contributed by atoms with Crippen LogP contribution >= 0.6 is 11.6 Å². The molecule has 4 N–H and O–H groups in total. The molecule has 0 bridgehead atoms. The van der Waals surface area contributed by atoms with Crippen LogP contribution in [-0.4, -0.2) is 56.7 Å². The number of nitrogens with two attached hydrogens (primary N) is 1. The number of carbonyl (C=O) groups excluding carboxylic acids is 3. The molecule has 9 nitrogen and oxygen atoms in total. The van der Waals surface area contributed by atoms with Crippen molar-refractivity contribution in [2.45, 2.75) is 32.5 Å². The molecule has 3 rings (SSSR count). The molecule has 0 aliphatic heterocycles. The molecule has 1 atom stereocenters. The fourth-order valence-electron chi connectivity index (χ4n) is 3.57. The van der Waals surface area contributed by atoms with Crippen LogP contribution in [0.2, 0.25) is 5.02 Å². The van der Waals surface area contributed by atoms with Gasteiger partial charge in [0.1, 0.15) is 12.4 Å². The Morgan fingerprint density at radius 3 is 2.68 bits per heavy atom. The second-order valence-electron chi connectivity index (χ2n) is 7.76. The minimum atomic E-state index is -0.722. The summed E-state index contributed by atoms with van der Waals surface area (Å²) < 4.78 is 15.4. The lowest BCUT2D eigenvalue weighted by molar-refractivity contribution is -0.139. The van der Waals surface area contributed by atoms with E-state index in [9.17, 15) is 23.9 Å². The van der Waals surface area contributed by atoms with E-state index in [0.717, 1.165) is 0 Å². The predicted octanol–water partition coefficient (Wildman–Crippen LogP) is 1.84. The van der Waals surface area contributed by atoms with Crippen LogP contribution in [-0.2, 0) is 22.7 Å². The van der Waals surface area contributed by atoms with Crippen molar-refractivity contribution in [1.29, 1.82) is 0 Å². The number of carbonyl (C=O) groups is 3. The molecule has 1 unspecified atom stereocenters. The molecule has 180 valence electrons. The Hall–Kier alpha value is -3.50. The SMILES string of the molecule is CC(CCO)N(CC(=O)NCc1cccc(Cl)c1F)C(=O)Cn1nc(C(N)=O)c2ccccc21. The highest BCUT2D eigenvalue weighted by molar-refractivity contribution is 6.30. The molecule has 0 saturated heterocycles. The number of nitrogens with zero attached hydrogens (tertiary/aromatic N) is 3. The Kier molecular flexibility index (Phi) is 8.19. The normalized spacial score (nSPS) is 11.9. The summed E-state index contributed by atoms with van der Waals surface area (Å²) in [5.74, 6) is -2.31. The van der Waals surface area contributed by atoms with E-state index in [1.54, 1.807) is 37.3 Å². The van der Waals surface area contributed by atoms with Gasteiger partial charge in [0.05, 0.1) is 17.1 Å². The number of hydrogen-bond donors (Lipinski definition) is 3. The van der Waals surface area contributed by atoms with Crippen LogP contribution in [0.4, 0.5) is 4.39 Å². The minimum Gasteiger partial charge on any atom is -0.396 e. The fourth-order valence-corrected chi connectivity index (χ4v) is 3.76. The van der Waals surface area contributed by atoms with E-state index in [1.165, 1.54) is 21.7 Å². The van der Waals surface area contributed by atoms with E-state index in [-0.39, 0.29) is 48.9 Å². The molecule has 0 radical (unpaired) electrons. The quantitative estimate of drug-likeness (QED) is 0.400. The Morgan fingerprint density at radius 1 is 1.24 bits per heavy atom. The van der Waals surface area contributed by atoms with Crippen molar-refractivity contribution in [3.8, 4) is 0 Å². The summed E-state index contributed by atoms with van der Waals surface area (Å²) in [5.41, 5.74) is 6.21. The number of para-hydroxylation sites is 1. The maximum absolute atomic E-state index is 14.1. The van der Waals surface area contributed by atoms with Crippen LogP contribution in [0.5, 0.6) is 0 Å². The Balaban J connectivity index is 1.76. The second-order valence-corrected chi connectivity index (χ2v) is 8.17. The van der Waals surface area contributed by atoms with Gasteiger partial charge in [-0.2, -0.15) is 5.10 Å². The van der Waals surface area contributed by atoms with Crippen molar-refractivity contribution in [1.82, 2.24) is 20.0 Å². The average molecular weight is 490 g/mol. The summed E-state index contributed by atoms with van der Waals surface area (Å²) in [5, 5.41) is 16.6. The number of amides is 3. The largest absolute Gasteiger partial charge is 0.396 e. The van der Waals surface area contributed by atoms with E-state index in [0.29, 0.717) is 10.9 Å². The van der Waals surface area contributed by atoms with Crippen LogP contribution in [0.15, 0.2) is 42.5 Å². The maximum Gasteiger partial charge on any atom is 0.269 e. The van der Waals surface area contributed by atoms with Crippen LogP contribution in [0, 0.1) is 5.82 Å². The van der Waals surface area contributed by atoms with Gasteiger partial charge in [-0.15, -0.1) is 0 Å². The third-order valence-electron chi connectivity index (χ3n) is 5.40. The summed E-state index contributed by atoms with van der Waals surface area (Å²) >= 11 is 5.77. The third-order valence-corrected chi connectivity index (χ3v) is 5.69. The van der Waals surface area contributed by atoms with Gasteiger partial charge in [0, 0.05) is 30.1 Å². The Bertz CT molecular complexity index is 1220. The molecule has 3 aromatic rings. The topological polar surface area (TPSA) is 131 Å². The zero-order valence-corrected chi connectivity index (χ0v) is 19.3. The van der Waals surface area contributed by atoms with Crippen molar-refractivity contribution in [3.63, 3.8) is 0 Å². The van der Waals surface area contributed by atoms with E-state index in [1.807, 2.05) is 0 Å². The Labute approximate surface area is 200 Å². The smallest absolute Gasteiger partial charge is 0.269 e. The zero-order valence-electron chi connectivity index (χ0n) is 18.5. The fraction of sp³-hybridized carbons (Fsp3) is 0.304. The van der Waals surface area contributed by atoms with Crippen molar-refractivity contribution < 1.29 is 23.9 Å². The number of halogens is 2. The highest BCUT2D eigenvalue weighted by Crippen LogP contribution is 2.19. The molecule has 0 spiro atoms. The van der Waals surface area contributed by atoms with Crippen LogP contribution in [0.3, 0.4) is 0 Å². The number of fused-ring (bicyclic) bond motifs is 1. The van der Waals surface area contributed by atoms with Gasteiger partial charge >= 0.3 is 0 Å². The number of aliphatic hydroxyl groups is 1. The van der Waals surface area contributed by atoms with E-state index in [2.05, 4.69) is 10.4 Å². The lowest BCUT2D eigenvalue weighted by Crippen LogP contribution is -2.47. The number of nitrogens with one attached hydrogen (secondary N) is 1. The molecule has 0 aliphatic rings. The van der Waals surface area contributed by atoms with Gasteiger partial charge in [0.25, 0.3) is 5.91 Å². The Morgan fingerprint density at radius 2 is 1.97 bits per heavy atom. The first-order valence-corrected chi connectivity index (χ1v) is 11.0. The highest BCUT2D eigenvalue weighted by atomic mass is 35.5. The van der Waals surface area contributed by atoms with E-state index in [4.69, 9.17) is 17.3 Å². The molecular weight excluding hydrogens is 465 g/mol. The van der Waals surface area contributed by atoms with Crippen molar-refractivity contribution in [2.24, 2.45) is 5.73 Å². The number of rotatable bonds is 10. The lowest BCUT2D eigenvalue weighted by atomic mass is 10.2. The first kappa shape index (κ1) is 25.1. The first-order valence-electron chi connectivity index (χ1n) is 10.6.